The molecule has 2 fully saturated rings. The van der Waals surface area contributed by atoms with Gasteiger partial charge in [-0.1, -0.05) is 26.7 Å². The Kier molecular flexibility index (Phi) is 7.50. The molecule has 2 saturated heterocycles. The summed E-state index contributed by atoms with van der Waals surface area (Å²) < 4.78 is 0. The summed E-state index contributed by atoms with van der Waals surface area (Å²) in [6, 6.07) is 2.18. The molecule has 2 aliphatic heterocycles. The molecule has 2 aliphatic rings. The Morgan fingerprint density at radius 3 is 2.41 bits per heavy atom. The minimum absolute atomic E-state index is 0.600. The van der Waals surface area contributed by atoms with Crippen LogP contribution in [-0.2, 0) is 0 Å². The summed E-state index contributed by atoms with van der Waals surface area (Å²) in [4.78, 5) is 14.4. The predicted molar refractivity (Wildman–Crippen MR) is 118 cm³/mol. The van der Waals surface area contributed by atoms with Crippen molar-refractivity contribution in [2.24, 2.45) is 5.92 Å². The summed E-state index contributed by atoms with van der Waals surface area (Å²) in [6.07, 6.45) is 8.66. The van der Waals surface area contributed by atoms with E-state index in [1.165, 1.54) is 38.5 Å². The zero-order valence-corrected chi connectivity index (χ0v) is 17.7. The lowest BCUT2D eigenvalue weighted by atomic mass is 10.0. The zero-order chi connectivity index (χ0) is 19.1. The number of nitrogens with one attached hydrogen (secondary N) is 2. The van der Waals surface area contributed by atoms with Crippen molar-refractivity contribution in [2.75, 3.05) is 47.8 Å². The van der Waals surface area contributed by atoms with Gasteiger partial charge in [0.15, 0.2) is 5.11 Å². The maximum absolute atomic E-state index is 5.41. The van der Waals surface area contributed by atoms with Crippen LogP contribution in [-0.4, -0.2) is 47.8 Å². The Bertz CT molecular complexity index is 594. The fourth-order valence-corrected chi connectivity index (χ4v) is 4.08. The zero-order valence-electron chi connectivity index (χ0n) is 16.8. The highest BCUT2D eigenvalue weighted by Crippen LogP contribution is 2.27. The van der Waals surface area contributed by atoms with Crippen LogP contribution in [0.15, 0.2) is 6.07 Å². The number of rotatable bonds is 5. The lowest BCUT2D eigenvalue weighted by Gasteiger charge is -2.33. The van der Waals surface area contributed by atoms with E-state index >= 15 is 0 Å². The molecule has 150 valence electrons. The molecule has 1 atom stereocenters. The van der Waals surface area contributed by atoms with Crippen molar-refractivity contribution in [3.63, 3.8) is 0 Å². The van der Waals surface area contributed by atoms with Crippen molar-refractivity contribution in [1.29, 1.82) is 0 Å². The maximum Gasteiger partial charge on any atom is 0.232 e. The Balaban J connectivity index is 1.83. The van der Waals surface area contributed by atoms with Gasteiger partial charge in [0.2, 0.25) is 5.95 Å². The van der Waals surface area contributed by atoms with Crippen LogP contribution in [0.4, 0.5) is 17.6 Å². The van der Waals surface area contributed by atoms with Crippen molar-refractivity contribution in [3.05, 3.63) is 6.07 Å². The summed E-state index contributed by atoms with van der Waals surface area (Å²) in [6.45, 7) is 9.59. The molecule has 0 saturated carbocycles. The molecular weight excluding hydrogens is 356 g/mol. The van der Waals surface area contributed by atoms with Crippen LogP contribution < -0.4 is 20.4 Å². The SMILES string of the molecule is CCCNC(=S)Nc1nc(N2CCCCCC2)cc(N2CCCC(C)C2)n1. The number of hydrogen-bond donors (Lipinski definition) is 2. The summed E-state index contributed by atoms with van der Waals surface area (Å²) in [5, 5.41) is 7.02. The first-order chi connectivity index (χ1) is 13.2. The molecule has 1 unspecified atom stereocenters. The first kappa shape index (κ1) is 20.1. The third-order valence-electron chi connectivity index (χ3n) is 5.37. The van der Waals surface area contributed by atoms with E-state index in [0.717, 1.165) is 50.8 Å². The lowest BCUT2D eigenvalue weighted by molar-refractivity contribution is 0.444. The quantitative estimate of drug-likeness (QED) is 0.742. The van der Waals surface area contributed by atoms with Gasteiger partial charge >= 0.3 is 0 Å². The molecular formula is C20H34N6S. The molecule has 3 rings (SSSR count). The molecule has 0 aliphatic carbocycles. The van der Waals surface area contributed by atoms with Crippen LogP contribution in [0.3, 0.4) is 0 Å². The van der Waals surface area contributed by atoms with E-state index in [2.05, 4.69) is 40.3 Å². The van der Waals surface area contributed by atoms with Crippen LogP contribution in [0.2, 0.25) is 0 Å². The molecule has 2 N–H and O–H groups in total. The maximum atomic E-state index is 5.41. The molecule has 6 nitrogen and oxygen atoms in total. The van der Waals surface area contributed by atoms with Crippen molar-refractivity contribution in [1.82, 2.24) is 15.3 Å². The topological polar surface area (TPSA) is 56.3 Å². The number of piperidine rings is 1. The number of anilines is 3. The van der Waals surface area contributed by atoms with Gasteiger partial charge in [-0.3, -0.25) is 0 Å². The second-order valence-electron chi connectivity index (χ2n) is 7.88. The van der Waals surface area contributed by atoms with E-state index < -0.39 is 0 Å². The monoisotopic (exact) mass is 390 g/mol. The molecule has 1 aromatic rings. The molecule has 0 aromatic carbocycles. The fraction of sp³-hybridized carbons (Fsp3) is 0.750. The van der Waals surface area contributed by atoms with Gasteiger partial charge in [0.25, 0.3) is 0 Å². The molecule has 3 heterocycles. The van der Waals surface area contributed by atoms with Gasteiger partial charge in [-0.2, -0.15) is 9.97 Å². The minimum Gasteiger partial charge on any atom is -0.362 e. The Hall–Kier alpha value is -1.63. The van der Waals surface area contributed by atoms with Gasteiger partial charge in [-0.05, 0) is 50.2 Å². The average molecular weight is 391 g/mol. The third-order valence-corrected chi connectivity index (χ3v) is 5.62. The lowest BCUT2D eigenvalue weighted by Crippen LogP contribution is -2.36. The van der Waals surface area contributed by atoms with E-state index in [-0.39, 0.29) is 0 Å². The molecule has 0 spiro atoms. The summed E-state index contributed by atoms with van der Waals surface area (Å²) in [7, 11) is 0. The van der Waals surface area contributed by atoms with E-state index in [1.807, 2.05) is 0 Å². The molecule has 1 aromatic heterocycles. The molecule has 27 heavy (non-hydrogen) atoms. The van der Waals surface area contributed by atoms with Gasteiger partial charge < -0.3 is 20.4 Å². The third kappa shape index (κ3) is 5.92. The fourth-order valence-electron chi connectivity index (χ4n) is 3.88. The van der Waals surface area contributed by atoms with Crippen LogP contribution in [0.1, 0.15) is 58.8 Å². The van der Waals surface area contributed by atoms with Gasteiger partial charge in [0.1, 0.15) is 11.6 Å². The molecule has 0 amide bonds. The van der Waals surface area contributed by atoms with Gasteiger partial charge in [-0.25, -0.2) is 0 Å². The van der Waals surface area contributed by atoms with Crippen LogP contribution in [0, 0.1) is 5.92 Å². The van der Waals surface area contributed by atoms with E-state index in [4.69, 9.17) is 22.2 Å². The largest absolute Gasteiger partial charge is 0.362 e. The van der Waals surface area contributed by atoms with Crippen molar-refractivity contribution < 1.29 is 0 Å². The van der Waals surface area contributed by atoms with Gasteiger partial charge in [0, 0.05) is 38.8 Å². The second-order valence-corrected chi connectivity index (χ2v) is 8.29. The molecule has 0 radical (unpaired) electrons. The minimum atomic E-state index is 0.600. The van der Waals surface area contributed by atoms with E-state index in [9.17, 15) is 0 Å². The Morgan fingerprint density at radius 1 is 1.07 bits per heavy atom. The summed E-state index contributed by atoms with van der Waals surface area (Å²) in [5.41, 5.74) is 0. The second kappa shape index (κ2) is 10.1. The highest BCUT2D eigenvalue weighted by molar-refractivity contribution is 7.80. The average Bonchev–Trinajstić information content (AvgIpc) is 2.95. The highest BCUT2D eigenvalue weighted by Gasteiger charge is 2.21. The number of hydrogen-bond acceptors (Lipinski definition) is 5. The van der Waals surface area contributed by atoms with Crippen molar-refractivity contribution in [2.45, 2.75) is 58.8 Å². The van der Waals surface area contributed by atoms with Crippen LogP contribution >= 0.6 is 12.2 Å². The predicted octanol–water partition coefficient (Wildman–Crippen LogP) is 3.79. The normalized spacial score (nSPS) is 20.9. The molecule has 7 heteroatoms. The number of thiocarbonyl (C=S) groups is 1. The Labute approximate surface area is 169 Å². The first-order valence-corrected chi connectivity index (χ1v) is 11.0. The van der Waals surface area contributed by atoms with Crippen LogP contribution in [0.5, 0.6) is 0 Å². The number of aromatic nitrogens is 2. The standard InChI is InChI=1S/C20H34N6S/c1-3-10-21-20(27)24-19-22-17(25-11-6-4-5-7-12-25)14-18(23-19)26-13-8-9-16(2)15-26/h14,16H,3-13,15H2,1-2H3,(H2,21,22,23,24,27). The smallest absolute Gasteiger partial charge is 0.232 e. The van der Waals surface area contributed by atoms with E-state index in [0.29, 0.717) is 17.0 Å². The Morgan fingerprint density at radius 2 is 1.74 bits per heavy atom. The summed E-state index contributed by atoms with van der Waals surface area (Å²) >= 11 is 5.41. The van der Waals surface area contributed by atoms with Crippen molar-refractivity contribution in [3.8, 4) is 0 Å². The van der Waals surface area contributed by atoms with Gasteiger partial charge in [0.05, 0.1) is 0 Å². The first-order valence-electron chi connectivity index (χ1n) is 10.6. The number of nitrogens with zero attached hydrogens (tertiary/aromatic N) is 4. The van der Waals surface area contributed by atoms with Gasteiger partial charge in [-0.15, -0.1) is 0 Å². The van der Waals surface area contributed by atoms with E-state index in [1.54, 1.807) is 0 Å². The van der Waals surface area contributed by atoms with Crippen molar-refractivity contribution >= 4 is 34.9 Å². The van der Waals surface area contributed by atoms with Crippen LogP contribution in [0.25, 0.3) is 0 Å². The molecule has 0 bridgehead atoms. The highest BCUT2D eigenvalue weighted by atomic mass is 32.1. The summed E-state index contributed by atoms with van der Waals surface area (Å²) in [5.74, 6) is 3.37.